The summed E-state index contributed by atoms with van der Waals surface area (Å²) in [4.78, 5) is 38.0. The van der Waals surface area contributed by atoms with E-state index in [1.807, 2.05) is 0 Å². The maximum atomic E-state index is 12.8. The topological polar surface area (TPSA) is 78.9 Å². The van der Waals surface area contributed by atoms with Crippen LogP contribution in [0.1, 0.15) is 233 Å². The van der Waals surface area contributed by atoms with E-state index in [-0.39, 0.29) is 31.1 Å². The van der Waals surface area contributed by atoms with Crippen molar-refractivity contribution in [2.75, 3.05) is 13.2 Å². The first-order valence-corrected chi connectivity index (χ1v) is 26.3. The van der Waals surface area contributed by atoms with Crippen LogP contribution in [-0.2, 0) is 28.6 Å². The lowest BCUT2D eigenvalue weighted by atomic mass is 10.0. The molecule has 0 fully saturated rings. The number of hydrogen-bond donors (Lipinski definition) is 0. The van der Waals surface area contributed by atoms with Crippen LogP contribution in [0.2, 0.25) is 0 Å². The van der Waals surface area contributed by atoms with E-state index < -0.39 is 6.10 Å². The number of allylic oxidation sites excluding steroid dienone is 16. The molecule has 0 N–H and O–H groups in total. The minimum atomic E-state index is -0.798. The Kier molecular flexibility index (Phi) is 49.0. The van der Waals surface area contributed by atoms with Crippen molar-refractivity contribution in [3.05, 3.63) is 97.2 Å². The van der Waals surface area contributed by atoms with Gasteiger partial charge in [0.05, 0.1) is 0 Å². The normalized spacial score (nSPS) is 12.9. The molecule has 6 heteroatoms. The van der Waals surface area contributed by atoms with E-state index in [0.717, 1.165) is 122 Å². The molecular weight excluding hydrogens is 793 g/mol. The summed E-state index contributed by atoms with van der Waals surface area (Å²) in [5, 5.41) is 0. The van der Waals surface area contributed by atoms with E-state index in [2.05, 4.69) is 118 Å². The van der Waals surface area contributed by atoms with Crippen molar-refractivity contribution in [3.8, 4) is 0 Å². The van der Waals surface area contributed by atoms with Crippen LogP contribution < -0.4 is 0 Å². The number of ether oxygens (including phenoxy) is 3. The quantitative estimate of drug-likeness (QED) is 0.0199. The van der Waals surface area contributed by atoms with Crippen molar-refractivity contribution in [1.29, 1.82) is 0 Å². The Labute approximate surface area is 394 Å². The Balaban J connectivity index is 4.46. The van der Waals surface area contributed by atoms with Gasteiger partial charge in [-0.25, -0.2) is 0 Å². The minimum absolute atomic E-state index is 0.0984. The molecule has 0 aromatic carbocycles. The van der Waals surface area contributed by atoms with E-state index in [9.17, 15) is 14.4 Å². The van der Waals surface area contributed by atoms with Crippen LogP contribution >= 0.6 is 0 Å². The summed E-state index contributed by atoms with van der Waals surface area (Å²) >= 11 is 0. The molecule has 0 aromatic heterocycles. The first-order chi connectivity index (χ1) is 31.5. The average Bonchev–Trinajstić information content (AvgIpc) is 3.29. The summed E-state index contributed by atoms with van der Waals surface area (Å²) in [6.45, 7) is 6.34. The van der Waals surface area contributed by atoms with Crippen molar-refractivity contribution < 1.29 is 28.6 Å². The van der Waals surface area contributed by atoms with E-state index in [1.54, 1.807) is 0 Å². The van der Waals surface area contributed by atoms with Gasteiger partial charge in [0.2, 0.25) is 0 Å². The Hall–Kier alpha value is -3.67. The third-order valence-corrected chi connectivity index (χ3v) is 10.9. The third kappa shape index (κ3) is 49.3. The maximum absolute atomic E-state index is 12.8. The molecular formula is C58H96O6. The highest BCUT2D eigenvalue weighted by molar-refractivity contribution is 5.71. The molecule has 0 aliphatic heterocycles. The van der Waals surface area contributed by atoms with Gasteiger partial charge in [-0.15, -0.1) is 0 Å². The Morgan fingerprint density at radius 3 is 1.14 bits per heavy atom. The average molecular weight is 889 g/mol. The summed E-state index contributed by atoms with van der Waals surface area (Å²) in [5.41, 5.74) is 0. The first kappa shape index (κ1) is 60.3. The Bertz CT molecular complexity index is 1300. The Morgan fingerprint density at radius 2 is 0.688 bits per heavy atom. The summed E-state index contributed by atoms with van der Waals surface area (Å²) in [5.74, 6) is -0.950. The summed E-state index contributed by atoms with van der Waals surface area (Å²) < 4.78 is 16.8. The lowest BCUT2D eigenvalue weighted by Gasteiger charge is -2.18. The van der Waals surface area contributed by atoms with Gasteiger partial charge in [0.25, 0.3) is 0 Å². The molecule has 0 aromatic rings. The number of rotatable bonds is 46. The molecule has 0 bridgehead atoms. The van der Waals surface area contributed by atoms with Gasteiger partial charge in [0.1, 0.15) is 13.2 Å². The zero-order valence-corrected chi connectivity index (χ0v) is 41.5. The fourth-order valence-corrected chi connectivity index (χ4v) is 7.00. The molecule has 0 amide bonds. The minimum Gasteiger partial charge on any atom is -0.462 e. The van der Waals surface area contributed by atoms with Crippen molar-refractivity contribution in [1.82, 2.24) is 0 Å². The SMILES string of the molecule is CC/C=C/C=C/C=C/CCCCCCCC(=O)OCC(COC(=O)CCCCC/C=C/C/C=C/C/C=C/C/C=C/C/C=C/CC)OC(=O)CCCCCCCCCCCCCCCC. The fraction of sp³-hybridized carbons (Fsp3) is 0.672. The highest BCUT2D eigenvalue weighted by Crippen LogP contribution is 2.15. The van der Waals surface area contributed by atoms with Crippen LogP contribution in [0.25, 0.3) is 0 Å². The van der Waals surface area contributed by atoms with E-state index >= 15 is 0 Å². The zero-order valence-electron chi connectivity index (χ0n) is 41.5. The van der Waals surface area contributed by atoms with Crippen LogP contribution in [-0.4, -0.2) is 37.2 Å². The maximum Gasteiger partial charge on any atom is 0.306 e. The molecule has 0 spiro atoms. The standard InChI is InChI=1S/C58H96O6/c1-4-7-10-13-16-19-22-25-27-28-29-30-31-34-36-39-42-45-48-51-57(60)63-54-55(53-62-56(59)50-47-44-41-38-35-32-24-21-18-15-12-9-6-3)64-58(61)52-49-46-43-40-37-33-26-23-20-17-14-11-8-5-2/h7,9-10,12,15-16,18-19,21,24-25,27,29-30,34,36,55H,4-6,8,11,13-14,17,20,22-23,26,28,31-33,35,37-54H2,1-3H3/b10-7+,12-9+,18-15+,19-16+,24-21+,27-25+,30-29+,36-34+. The predicted molar refractivity (Wildman–Crippen MR) is 274 cm³/mol. The van der Waals surface area contributed by atoms with Crippen molar-refractivity contribution >= 4 is 17.9 Å². The lowest BCUT2D eigenvalue weighted by molar-refractivity contribution is -0.167. The number of carbonyl (C=O) groups is 3. The van der Waals surface area contributed by atoms with Gasteiger partial charge < -0.3 is 14.2 Å². The molecule has 6 nitrogen and oxygen atoms in total. The first-order valence-electron chi connectivity index (χ1n) is 26.3. The van der Waals surface area contributed by atoms with Crippen LogP contribution in [0.5, 0.6) is 0 Å². The molecule has 0 saturated heterocycles. The number of unbranched alkanes of at least 4 members (excludes halogenated alkanes) is 21. The van der Waals surface area contributed by atoms with Crippen LogP contribution in [0.3, 0.4) is 0 Å². The molecule has 1 unspecified atom stereocenters. The summed E-state index contributed by atoms with van der Waals surface area (Å²) in [7, 11) is 0. The largest absolute Gasteiger partial charge is 0.462 e. The predicted octanol–water partition coefficient (Wildman–Crippen LogP) is 17.4. The molecule has 0 aliphatic carbocycles. The van der Waals surface area contributed by atoms with Gasteiger partial charge in [0.15, 0.2) is 6.10 Å². The molecule has 0 heterocycles. The second kappa shape index (κ2) is 52.0. The second-order valence-corrected chi connectivity index (χ2v) is 17.1. The fourth-order valence-electron chi connectivity index (χ4n) is 7.00. The zero-order chi connectivity index (χ0) is 46.5. The molecule has 0 rings (SSSR count). The number of hydrogen-bond acceptors (Lipinski definition) is 6. The number of esters is 3. The monoisotopic (exact) mass is 889 g/mol. The molecule has 0 saturated carbocycles. The van der Waals surface area contributed by atoms with Crippen LogP contribution in [0.4, 0.5) is 0 Å². The van der Waals surface area contributed by atoms with Gasteiger partial charge >= 0.3 is 17.9 Å². The van der Waals surface area contributed by atoms with Crippen molar-refractivity contribution in [3.63, 3.8) is 0 Å². The second-order valence-electron chi connectivity index (χ2n) is 17.1. The molecule has 1 atom stereocenters. The molecule has 0 radical (unpaired) electrons. The molecule has 364 valence electrons. The third-order valence-electron chi connectivity index (χ3n) is 10.9. The number of carbonyl (C=O) groups excluding carboxylic acids is 3. The van der Waals surface area contributed by atoms with Crippen LogP contribution in [0.15, 0.2) is 97.2 Å². The van der Waals surface area contributed by atoms with E-state index in [1.165, 1.54) is 70.6 Å². The van der Waals surface area contributed by atoms with Gasteiger partial charge in [0, 0.05) is 19.3 Å². The molecule has 0 aliphatic rings. The smallest absolute Gasteiger partial charge is 0.306 e. The summed E-state index contributed by atoms with van der Waals surface area (Å²) in [6.07, 6.45) is 68.2. The van der Waals surface area contributed by atoms with E-state index in [0.29, 0.717) is 19.3 Å². The van der Waals surface area contributed by atoms with Gasteiger partial charge in [-0.05, 0) is 83.5 Å². The lowest BCUT2D eigenvalue weighted by Crippen LogP contribution is -2.30. The van der Waals surface area contributed by atoms with E-state index in [4.69, 9.17) is 14.2 Å². The Morgan fingerprint density at radius 1 is 0.344 bits per heavy atom. The van der Waals surface area contributed by atoms with Crippen molar-refractivity contribution in [2.45, 2.75) is 239 Å². The summed E-state index contributed by atoms with van der Waals surface area (Å²) in [6, 6.07) is 0. The van der Waals surface area contributed by atoms with Crippen LogP contribution in [0, 0.1) is 0 Å². The molecule has 64 heavy (non-hydrogen) atoms. The van der Waals surface area contributed by atoms with Gasteiger partial charge in [-0.2, -0.15) is 0 Å². The van der Waals surface area contributed by atoms with Crippen molar-refractivity contribution in [2.24, 2.45) is 0 Å². The highest BCUT2D eigenvalue weighted by Gasteiger charge is 2.19. The van der Waals surface area contributed by atoms with Gasteiger partial charge in [-0.3, -0.25) is 14.4 Å². The van der Waals surface area contributed by atoms with Gasteiger partial charge in [-0.1, -0.05) is 227 Å². The highest BCUT2D eigenvalue weighted by atomic mass is 16.6.